The maximum atomic E-state index is 4.16. The van der Waals surface area contributed by atoms with Gasteiger partial charge < -0.3 is 5.32 Å². The molecule has 1 aliphatic rings. The fourth-order valence-corrected chi connectivity index (χ4v) is 3.16. The number of aromatic nitrogens is 2. The lowest BCUT2D eigenvalue weighted by atomic mass is 9.82. The molecule has 3 nitrogen and oxygen atoms in total. The number of thiophene rings is 1. The van der Waals surface area contributed by atoms with Gasteiger partial charge in [-0.05, 0) is 30.2 Å². The molecule has 2 aromatic rings. The van der Waals surface area contributed by atoms with Crippen LogP contribution in [0.3, 0.4) is 0 Å². The molecular formula is C13H17N3S. The minimum absolute atomic E-state index is 0.705. The average molecular weight is 247 g/mol. The highest BCUT2D eigenvalue weighted by molar-refractivity contribution is 7.13. The maximum absolute atomic E-state index is 4.16. The molecule has 17 heavy (non-hydrogen) atoms. The van der Waals surface area contributed by atoms with Crippen molar-refractivity contribution >= 4 is 11.3 Å². The zero-order valence-corrected chi connectivity index (χ0v) is 10.8. The number of nitrogens with one attached hydrogen (secondary N) is 2. The molecule has 1 fully saturated rings. The minimum Gasteiger partial charge on any atom is -0.310 e. The van der Waals surface area contributed by atoms with E-state index in [-0.39, 0.29) is 0 Å². The first-order chi connectivity index (χ1) is 8.33. The van der Waals surface area contributed by atoms with E-state index in [9.17, 15) is 0 Å². The molecule has 90 valence electrons. The first kappa shape index (κ1) is 11.0. The molecule has 0 spiro atoms. The lowest BCUT2D eigenvalue weighted by molar-refractivity contribution is 0.240. The van der Waals surface area contributed by atoms with Crippen molar-refractivity contribution in [2.75, 3.05) is 0 Å². The number of hydrogen-bond acceptors (Lipinski definition) is 3. The van der Waals surface area contributed by atoms with Crippen LogP contribution in [0.15, 0.2) is 23.7 Å². The van der Waals surface area contributed by atoms with Gasteiger partial charge in [-0.2, -0.15) is 5.10 Å². The fourth-order valence-electron chi connectivity index (χ4n) is 2.40. The summed E-state index contributed by atoms with van der Waals surface area (Å²) in [6.07, 6.45) is 4.56. The third kappa shape index (κ3) is 2.28. The predicted octanol–water partition coefficient (Wildman–Crippen LogP) is 3.03. The van der Waals surface area contributed by atoms with E-state index in [1.807, 2.05) is 6.20 Å². The molecule has 0 amide bonds. The number of aromatic amines is 1. The highest BCUT2D eigenvalue weighted by Crippen LogP contribution is 2.28. The summed E-state index contributed by atoms with van der Waals surface area (Å²) in [7, 11) is 0. The van der Waals surface area contributed by atoms with Crippen LogP contribution >= 0.6 is 11.3 Å². The summed E-state index contributed by atoms with van der Waals surface area (Å²) in [6, 6.07) is 4.91. The van der Waals surface area contributed by atoms with Gasteiger partial charge in [0.2, 0.25) is 0 Å². The van der Waals surface area contributed by atoms with Gasteiger partial charge in [-0.15, -0.1) is 11.3 Å². The topological polar surface area (TPSA) is 40.7 Å². The minimum atomic E-state index is 0.705. The fraction of sp³-hybridized carbons (Fsp3) is 0.462. The number of nitrogens with zero attached hydrogens (tertiary/aromatic N) is 1. The average Bonchev–Trinajstić information content (AvgIpc) is 2.92. The Morgan fingerprint density at radius 1 is 1.53 bits per heavy atom. The Morgan fingerprint density at radius 2 is 2.41 bits per heavy atom. The molecule has 3 rings (SSSR count). The van der Waals surface area contributed by atoms with Crippen LogP contribution in [-0.2, 0) is 6.54 Å². The van der Waals surface area contributed by atoms with Gasteiger partial charge in [-0.25, -0.2) is 0 Å². The molecule has 1 aliphatic carbocycles. The van der Waals surface area contributed by atoms with Crippen molar-refractivity contribution < 1.29 is 0 Å². The molecule has 0 aromatic carbocycles. The molecule has 0 aliphatic heterocycles. The third-order valence-electron chi connectivity index (χ3n) is 3.44. The molecule has 2 N–H and O–H groups in total. The summed E-state index contributed by atoms with van der Waals surface area (Å²) in [4.78, 5) is 1.27. The first-order valence-corrected chi connectivity index (χ1v) is 7.00. The zero-order chi connectivity index (χ0) is 11.7. The second kappa shape index (κ2) is 4.63. The van der Waals surface area contributed by atoms with Crippen molar-refractivity contribution in [3.63, 3.8) is 0 Å². The van der Waals surface area contributed by atoms with Crippen molar-refractivity contribution in [2.45, 2.75) is 32.4 Å². The summed E-state index contributed by atoms with van der Waals surface area (Å²) < 4.78 is 0. The van der Waals surface area contributed by atoms with Crippen LogP contribution < -0.4 is 5.32 Å². The molecule has 0 atom stereocenters. The van der Waals surface area contributed by atoms with Crippen LogP contribution in [0, 0.1) is 5.92 Å². The van der Waals surface area contributed by atoms with E-state index < -0.39 is 0 Å². The maximum Gasteiger partial charge on any atom is 0.0794 e. The Hall–Kier alpha value is -1.13. The van der Waals surface area contributed by atoms with Gasteiger partial charge in [0, 0.05) is 18.2 Å². The Balaban J connectivity index is 1.65. The molecule has 0 radical (unpaired) electrons. The van der Waals surface area contributed by atoms with Crippen LogP contribution in [0.1, 0.15) is 25.3 Å². The molecule has 2 heterocycles. The third-order valence-corrected chi connectivity index (χ3v) is 4.33. The Kier molecular flexibility index (Phi) is 2.99. The van der Waals surface area contributed by atoms with Crippen LogP contribution in [0.25, 0.3) is 10.6 Å². The molecule has 0 unspecified atom stereocenters. The molecule has 0 saturated heterocycles. The van der Waals surface area contributed by atoms with E-state index in [4.69, 9.17) is 0 Å². The van der Waals surface area contributed by atoms with Gasteiger partial charge in [-0.3, -0.25) is 5.10 Å². The molecule has 0 bridgehead atoms. The van der Waals surface area contributed by atoms with E-state index in [0.717, 1.165) is 12.5 Å². The van der Waals surface area contributed by atoms with E-state index >= 15 is 0 Å². The molecule has 1 saturated carbocycles. The summed E-state index contributed by atoms with van der Waals surface area (Å²) >= 11 is 1.75. The van der Waals surface area contributed by atoms with Crippen LogP contribution in [0.4, 0.5) is 0 Å². The standard InChI is InChI=1S/C13H17N3S/c1-9-5-11(6-9)14-7-10-8-15-16-13(10)12-3-2-4-17-12/h2-4,8-9,11,14H,5-7H2,1H3,(H,15,16). The van der Waals surface area contributed by atoms with E-state index in [1.165, 1.54) is 29.0 Å². The normalized spacial score (nSPS) is 23.6. The van der Waals surface area contributed by atoms with Gasteiger partial charge in [0.25, 0.3) is 0 Å². The summed E-state index contributed by atoms with van der Waals surface area (Å²) in [6.45, 7) is 3.23. The number of rotatable bonds is 4. The van der Waals surface area contributed by atoms with E-state index in [1.54, 1.807) is 11.3 Å². The van der Waals surface area contributed by atoms with Crippen LogP contribution in [-0.4, -0.2) is 16.2 Å². The predicted molar refractivity (Wildman–Crippen MR) is 70.9 cm³/mol. The quantitative estimate of drug-likeness (QED) is 0.872. The second-order valence-corrected chi connectivity index (χ2v) is 5.85. The van der Waals surface area contributed by atoms with Crippen LogP contribution in [0.2, 0.25) is 0 Å². The highest BCUT2D eigenvalue weighted by Gasteiger charge is 2.24. The van der Waals surface area contributed by atoms with Gasteiger partial charge in [0.15, 0.2) is 0 Å². The summed E-state index contributed by atoms with van der Waals surface area (Å²) in [5.41, 5.74) is 2.44. The Bertz CT molecular complexity index is 469. The first-order valence-electron chi connectivity index (χ1n) is 6.12. The largest absolute Gasteiger partial charge is 0.310 e. The highest BCUT2D eigenvalue weighted by atomic mass is 32.1. The van der Waals surface area contributed by atoms with Crippen molar-refractivity contribution in [1.82, 2.24) is 15.5 Å². The van der Waals surface area contributed by atoms with E-state index in [2.05, 4.69) is 40.0 Å². The van der Waals surface area contributed by atoms with Gasteiger partial charge in [-0.1, -0.05) is 13.0 Å². The number of hydrogen-bond donors (Lipinski definition) is 2. The lowest BCUT2D eigenvalue weighted by Gasteiger charge is -2.33. The number of H-pyrrole nitrogens is 1. The molecular weight excluding hydrogens is 230 g/mol. The smallest absolute Gasteiger partial charge is 0.0794 e. The molecule has 2 aromatic heterocycles. The Morgan fingerprint density at radius 3 is 3.12 bits per heavy atom. The van der Waals surface area contributed by atoms with Gasteiger partial charge in [0.1, 0.15) is 0 Å². The second-order valence-electron chi connectivity index (χ2n) is 4.90. The molecule has 4 heteroatoms. The lowest BCUT2D eigenvalue weighted by Crippen LogP contribution is -2.39. The van der Waals surface area contributed by atoms with Gasteiger partial charge >= 0.3 is 0 Å². The van der Waals surface area contributed by atoms with Crippen molar-refractivity contribution in [3.05, 3.63) is 29.3 Å². The Labute approximate surface area is 105 Å². The van der Waals surface area contributed by atoms with Crippen molar-refractivity contribution in [2.24, 2.45) is 5.92 Å². The summed E-state index contributed by atoms with van der Waals surface area (Å²) in [5.74, 6) is 0.897. The van der Waals surface area contributed by atoms with Gasteiger partial charge in [0.05, 0.1) is 16.8 Å². The van der Waals surface area contributed by atoms with Crippen LogP contribution in [0.5, 0.6) is 0 Å². The van der Waals surface area contributed by atoms with Crippen molar-refractivity contribution in [3.8, 4) is 10.6 Å². The monoisotopic (exact) mass is 247 g/mol. The van der Waals surface area contributed by atoms with E-state index in [0.29, 0.717) is 6.04 Å². The van der Waals surface area contributed by atoms with Crippen molar-refractivity contribution in [1.29, 1.82) is 0 Å². The summed E-state index contributed by atoms with van der Waals surface area (Å²) in [5, 5.41) is 13.0. The zero-order valence-electron chi connectivity index (χ0n) is 9.94. The SMILES string of the molecule is CC1CC(NCc2cn[nH]c2-c2cccs2)C1.